The first-order valence-electron chi connectivity index (χ1n) is 8.69. The van der Waals surface area contributed by atoms with Crippen molar-refractivity contribution in [2.24, 2.45) is 0 Å². The Balaban J connectivity index is 2.16. The SMILES string of the molecule is CN(C(c1ccccc1)c1ccccc1Br)S(=O)(=O)c1ccccc1CC#N. The molecule has 4 nitrogen and oxygen atoms in total. The van der Waals surface area contributed by atoms with Crippen LogP contribution < -0.4 is 0 Å². The molecule has 1 atom stereocenters. The van der Waals surface area contributed by atoms with Gasteiger partial charge in [0.1, 0.15) is 0 Å². The van der Waals surface area contributed by atoms with Gasteiger partial charge in [-0.2, -0.15) is 9.57 Å². The minimum Gasteiger partial charge on any atom is -0.207 e. The van der Waals surface area contributed by atoms with E-state index in [1.165, 1.54) is 4.31 Å². The Hall–Kier alpha value is -2.46. The van der Waals surface area contributed by atoms with Gasteiger partial charge in [0, 0.05) is 11.5 Å². The molecule has 6 heteroatoms. The van der Waals surface area contributed by atoms with E-state index in [1.54, 1.807) is 31.3 Å². The second-order valence-corrected chi connectivity index (χ2v) is 9.12. The molecule has 3 aromatic carbocycles. The van der Waals surface area contributed by atoms with E-state index >= 15 is 0 Å². The molecule has 0 fully saturated rings. The molecule has 0 radical (unpaired) electrons. The highest BCUT2D eigenvalue weighted by Crippen LogP contribution is 2.36. The monoisotopic (exact) mass is 454 g/mol. The van der Waals surface area contributed by atoms with E-state index < -0.39 is 16.1 Å². The summed E-state index contributed by atoms with van der Waals surface area (Å²) in [6, 6.07) is 25.3. The smallest absolute Gasteiger partial charge is 0.207 e. The fourth-order valence-corrected chi connectivity index (χ4v) is 5.24. The van der Waals surface area contributed by atoms with Crippen molar-refractivity contribution in [3.63, 3.8) is 0 Å². The average molecular weight is 455 g/mol. The molecule has 0 saturated heterocycles. The zero-order valence-electron chi connectivity index (χ0n) is 15.3. The zero-order valence-corrected chi connectivity index (χ0v) is 17.7. The van der Waals surface area contributed by atoms with E-state index in [1.807, 2.05) is 60.7 Å². The molecule has 0 bridgehead atoms. The van der Waals surface area contributed by atoms with Crippen molar-refractivity contribution >= 4 is 26.0 Å². The van der Waals surface area contributed by atoms with Gasteiger partial charge in [-0.15, -0.1) is 0 Å². The first-order chi connectivity index (χ1) is 13.5. The molecule has 0 aliphatic carbocycles. The third-order valence-electron chi connectivity index (χ3n) is 4.58. The van der Waals surface area contributed by atoms with Crippen LogP contribution in [0.25, 0.3) is 0 Å². The number of hydrogen-bond acceptors (Lipinski definition) is 3. The molecule has 0 aliphatic heterocycles. The molecular formula is C22H19BrN2O2S. The van der Waals surface area contributed by atoms with Crippen molar-refractivity contribution in [2.75, 3.05) is 7.05 Å². The van der Waals surface area contributed by atoms with Crippen molar-refractivity contribution in [2.45, 2.75) is 17.4 Å². The lowest BCUT2D eigenvalue weighted by atomic mass is 9.99. The van der Waals surface area contributed by atoms with Crippen LogP contribution >= 0.6 is 15.9 Å². The first-order valence-corrected chi connectivity index (χ1v) is 10.9. The second-order valence-electron chi connectivity index (χ2n) is 6.30. The van der Waals surface area contributed by atoms with Gasteiger partial charge >= 0.3 is 0 Å². The molecule has 0 spiro atoms. The number of nitrogens with zero attached hydrogens (tertiary/aromatic N) is 2. The third-order valence-corrected chi connectivity index (χ3v) is 7.22. The van der Waals surface area contributed by atoms with Crippen molar-refractivity contribution in [3.8, 4) is 6.07 Å². The predicted molar refractivity (Wildman–Crippen MR) is 113 cm³/mol. The van der Waals surface area contributed by atoms with Crippen molar-refractivity contribution in [1.82, 2.24) is 4.31 Å². The molecule has 3 aromatic rings. The van der Waals surface area contributed by atoms with Crippen LogP contribution in [0.1, 0.15) is 22.7 Å². The van der Waals surface area contributed by atoms with Crippen LogP contribution in [-0.2, 0) is 16.4 Å². The van der Waals surface area contributed by atoms with Gasteiger partial charge in [-0.1, -0.05) is 82.7 Å². The highest BCUT2D eigenvalue weighted by Gasteiger charge is 2.32. The minimum absolute atomic E-state index is 0.0360. The van der Waals surface area contributed by atoms with E-state index in [2.05, 4.69) is 15.9 Å². The largest absolute Gasteiger partial charge is 0.243 e. The number of sulfonamides is 1. The molecule has 3 rings (SSSR count). The van der Waals surface area contributed by atoms with Gasteiger partial charge in [0.15, 0.2) is 0 Å². The maximum atomic E-state index is 13.5. The summed E-state index contributed by atoms with van der Waals surface area (Å²) in [6.07, 6.45) is 0.0360. The predicted octanol–water partition coefficient (Wildman–Crippen LogP) is 4.93. The quantitative estimate of drug-likeness (QED) is 0.530. The Labute approximate surface area is 174 Å². The van der Waals surface area contributed by atoms with E-state index in [0.717, 1.165) is 15.6 Å². The Kier molecular flexibility index (Phi) is 6.30. The Morgan fingerprint density at radius 2 is 1.57 bits per heavy atom. The van der Waals surface area contributed by atoms with Crippen molar-refractivity contribution < 1.29 is 8.42 Å². The standard InChI is InChI=1S/C22H19BrN2O2S/c1-25(28(26,27)21-14-8-5-9-17(21)15-16-24)22(18-10-3-2-4-11-18)19-12-6-7-13-20(19)23/h2-14,22H,15H2,1H3. The van der Waals surface area contributed by atoms with Crippen LogP contribution in [-0.4, -0.2) is 19.8 Å². The molecule has 142 valence electrons. The Bertz CT molecular complexity index is 1110. The minimum atomic E-state index is -3.84. The highest BCUT2D eigenvalue weighted by atomic mass is 79.9. The molecular weight excluding hydrogens is 436 g/mol. The van der Waals surface area contributed by atoms with E-state index in [-0.39, 0.29) is 11.3 Å². The van der Waals surface area contributed by atoms with E-state index in [4.69, 9.17) is 5.26 Å². The molecule has 28 heavy (non-hydrogen) atoms. The maximum absolute atomic E-state index is 13.5. The lowest BCUT2D eigenvalue weighted by Gasteiger charge is -2.29. The van der Waals surface area contributed by atoms with Gasteiger partial charge in [0.05, 0.1) is 23.4 Å². The third kappa shape index (κ3) is 4.02. The molecule has 0 amide bonds. The van der Waals surface area contributed by atoms with Gasteiger partial charge in [0.25, 0.3) is 0 Å². The number of rotatable bonds is 6. The molecule has 1 unspecified atom stereocenters. The van der Waals surface area contributed by atoms with Gasteiger partial charge in [-0.25, -0.2) is 8.42 Å². The van der Waals surface area contributed by atoms with Crippen LogP contribution in [0.2, 0.25) is 0 Å². The zero-order chi connectivity index (χ0) is 20.1. The van der Waals surface area contributed by atoms with Gasteiger partial charge in [-0.3, -0.25) is 0 Å². The van der Waals surface area contributed by atoms with Crippen LogP contribution in [0, 0.1) is 11.3 Å². The molecule has 0 aromatic heterocycles. The van der Waals surface area contributed by atoms with Crippen LogP contribution in [0.5, 0.6) is 0 Å². The summed E-state index contributed by atoms with van der Waals surface area (Å²) < 4.78 is 29.3. The summed E-state index contributed by atoms with van der Waals surface area (Å²) in [4.78, 5) is 0.159. The number of halogens is 1. The Morgan fingerprint density at radius 3 is 2.25 bits per heavy atom. The van der Waals surface area contributed by atoms with Crippen molar-refractivity contribution in [3.05, 3.63) is 100 Å². The fourth-order valence-electron chi connectivity index (χ4n) is 3.20. The number of benzene rings is 3. The van der Waals surface area contributed by atoms with Crippen LogP contribution in [0.15, 0.2) is 88.2 Å². The maximum Gasteiger partial charge on any atom is 0.243 e. The van der Waals surface area contributed by atoms with E-state index in [0.29, 0.717) is 5.56 Å². The lowest BCUT2D eigenvalue weighted by molar-refractivity contribution is 0.416. The highest BCUT2D eigenvalue weighted by molar-refractivity contribution is 9.10. The molecule has 0 heterocycles. The van der Waals surface area contributed by atoms with E-state index in [9.17, 15) is 8.42 Å². The second kappa shape index (κ2) is 8.70. The average Bonchev–Trinajstić information content (AvgIpc) is 2.71. The molecule has 0 saturated carbocycles. The van der Waals surface area contributed by atoms with Crippen LogP contribution in [0.3, 0.4) is 0 Å². The molecule has 0 N–H and O–H groups in total. The summed E-state index contributed by atoms with van der Waals surface area (Å²) in [5, 5.41) is 9.09. The summed E-state index contributed by atoms with van der Waals surface area (Å²) in [5.41, 5.74) is 2.20. The van der Waals surface area contributed by atoms with Gasteiger partial charge < -0.3 is 0 Å². The Morgan fingerprint density at radius 1 is 0.964 bits per heavy atom. The topological polar surface area (TPSA) is 61.2 Å². The summed E-state index contributed by atoms with van der Waals surface area (Å²) >= 11 is 3.56. The van der Waals surface area contributed by atoms with Gasteiger partial charge in [-0.05, 0) is 28.8 Å². The van der Waals surface area contributed by atoms with Crippen molar-refractivity contribution in [1.29, 1.82) is 5.26 Å². The number of nitriles is 1. The fraction of sp³-hybridized carbons (Fsp3) is 0.136. The first kappa shape index (κ1) is 20.3. The van der Waals surface area contributed by atoms with Crippen LogP contribution in [0.4, 0.5) is 0 Å². The normalized spacial score (nSPS) is 12.5. The summed E-state index contributed by atoms with van der Waals surface area (Å²) in [7, 11) is -2.26. The number of hydrogen-bond donors (Lipinski definition) is 0. The summed E-state index contributed by atoms with van der Waals surface area (Å²) in [5.74, 6) is 0. The van der Waals surface area contributed by atoms with Gasteiger partial charge in [0.2, 0.25) is 10.0 Å². The lowest BCUT2D eigenvalue weighted by Crippen LogP contribution is -2.33. The molecule has 0 aliphatic rings. The summed E-state index contributed by atoms with van der Waals surface area (Å²) in [6.45, 7) is 0.